The van der Waals surface area contributed by atoms with Crippen LogP contribution in [0.3, 0.4) is 0 Å². The average molecular weight is 458 g/mol. The predicted octanol–water partition coefficient (Wildman–Crippen LogP) is 1.30. The van der Waals surface area contributed by atoms with Gasteiger partial charge in [0.2, 0.25) is 0 Å². The highest BCUT2D eigenvalue weighted by atomic mass is 16.2. The summed E-state index contributed by atoms with van der Waals surface area (Å²) in [5.41, 5.74) is 17.6. The third-order valence-corrected chi connectivity index (χ3v) is 6.37. The van der Waals surface area contributed by atoms with Crippen molar-refractivity contribution in [3.63, 3.8) is 0 Å². The first kappa shape index (κ1) is 19.9. The molecule has 10 N–H and O–H groups in total. The molecule has 2 unspecified atom stereocenters. The van der Waals surface area contributed by atoms with Gasteiger partial charge in [-0.25, -0.2) is 9.97 Å². The van der Waals surface area contributed by atoms with Crippen molar-refractivity contribution in [1.82, 2.24) is 40.5 Å². The number of hydrogen-bond donors (Lipinski definition) is 8. The third kappa shape index (κ3) is 2.99. The molecule has 0 spiro atoms. The first-order valence-corrected chi connectivity index (χ1v) is 10.8. The Balaban J connectivity index is 1.38. The number of carbonyl (C=O) groups is 2. The minimum Gasteiger partial charge on any atom is -0.369 e. The van der Waals surface area contributed by atoms with Gasteiger partial charge in [-0.05, 0) is 35.4 Å². The number of nitrogens with two attached hydrogens (primary N) is 2. The van der Waals surface area contributed by atoms with Gasteiger partial charge in [0, 0.05) is 37.3 Å². The number of nitrogen functional groups attached to an aromatic ring is 2. The van der Waals surface area contributed by atoms with Crippen molar-refractivity contribution in [1.29, 1.82) is 0 Å². The molecular weight excluding hydrogens is 436 g/mol. The van der Waals surface area contributed by atoms with E-state index in [-0.39, 0.29) is 35.5 Å². The molecule has 1 aliphatic rings. The number of imidazole rings is 2. The zero-order valence-corrected chi connectivity index (χ0v) is 17.9. The molecule has 4 heterocycles. The molecule has 1 aliphatic carbocycles. The zero-order valence-electron chi connectivity index (χ0n) is 17.9. The first-order chi connectivity index (χ1) is 16.5. The minimum absolute atomic E-state index is 0.120. The molecule has 0 fully saturated rings. The molecule has 34 heavy (non-hydrogen) atoms. The fourth-order valence-corrected chi connectivity index (χ4v) is 4.87. The van der Waals surface area contributed by atoms with Crippen LogP contribution in [-0.4, -0.2) is 54.8 Å². The number of nitrogens with zero attached hydrogens (tertiary/aromatic N) is 2. The summed E-state index contributed by atoms with van der Waals surface area (Å²) >= 11 is 0. The summed E-state index contributed by atoms with van der Waals surface area (Å²) in [6.45, 7) is 0.697. The summed E-state index contributed by atoms with van der Waals surface area (Å²) in [4.78, 5) is 46.2. The lowest BCUT2D eigenvalue weighted by Crippen LogP contribution is -2.42. The fourth-order valence-electron chi connectivity index (χ4n) is 4.87. The Hall–Kier alpha value is -4.74. The number of rotatable bonds is 6. The van der Waals surface area contributed by atoms with Crippen molar-refractivity contribution in [2.24, 2.45) is 0 Å². The van der Waals surface area contributed by atoms with Crippen molar-refractivity contribution < 1.29 is 9.59 Å². The quantitative estimate of drug-likeness (QED) is 0.188. The molecule has 4 aromatic heterocycles. The molecule has 12 heteroatoms. The van der Waals surface area contributed by atoms with E-state index in [0.717, 1.165) is 11.1 Å². The number of H-pyrrole nitrogens is 4. The van der Waals surface area contributed by atoms with E-state index in [1.807, 2.05) is 0 Å². The van der Waals surface area contributed by atoms with E-state index < -0.39 is 0 Å². The highest BCUT2D eigenvalue weighted by Gasteiger charge is 2.43. The number of fused-ring (bicyclic) bond motifs is 6. The number of carbonyl (C=O) groups excluding carboxylic acids is 2. The minimum atomic E-state index is -0.213. The van der Waals surface area contributed by atoms with Gasteiger partial charge < -0.3 is 42.0 Å². The summed E-state index contributed by atoms with van der Waals surface area (Å²) in [5, 5.41) is 5.97. The van der Waals surface area contributed by atoms with Crippen LogP contribution in [0.4, 0.5) is 11.9 Å². The molecule has 12 nitrogen and oxygen atoms in total. The highest BCUT2D eigenvalue weighted by molar-refractivity contribution is 6.07. The smallest absolute Gasteiger partial charge is 0.267 e. The lowest BCUT2D eigenvalue weighted by molar-refractivity contribution is 0.0927. The Labute approximate surface area is 191 Å². The van der Waals surface area contributed by atoms with Crippen molar-refractivity contribution in [3.8, 4) is 0 Å². The van der Waals surface area contributed by atoms with E-state index in [2.05, 4.69) is 40.5 Å². The van der Waals surface area contributed by atoms with Crippen LogP contribution in [-0.2, 0) is 0 Å². The third-order valence-electron chi connectivity index (χ3n) is 6.37. The SMILES string of the molecule is Nc1nc2c3c(c4nc(N)[nH]c4c2[nH]1)C(CNC(=O)c1ccc[nH]1)C3CNC(=O)c1ccc[nH]1. The van der Waals surface area contributed by atoms with Crippen molar-refractivity contribution in [2.75, 3.05) is 24.6 Å². The Kier molecular flexibility index (Phi) is 4.33. The molecule has 5 aromatic rings. The van der Waals surface area contributed by atoms with E-state index in [9.17, 15) is 9.59 Å². The summed E-state index contributed by atoms with van der Waals surface area (Å²) in [6.07, 6.45) is 3.39. The fraction of sp³-hybridized carbons (Fsp3) is 0.182. The van der Waals surface area contributed by atoms with Crippen LogP contribution >= 0.6 is 0 Å². The van der Waals surface area contributed by atoms with Gasteiger partial charge in [0.1, 0.15) is 11.4 Å². The number of anilines is 2. The Bertz CT molecular complexity index is 1410. The van der Waals surface area contributed by atoms with Gasteiger partial charge in [-0.15, -0.1) is 0 Å². The number of aromatic amines is 4. The molecule has 2 atom stereocenters. The van der Waals surface area contributed by atoms with E-state index in [1.54, 1.807) is 36.7 Å². The summed E-state index contributed by atoms with van der Waals surface area (Å²) < 4.78 is 0. The molecule has 6 rings (SSSR count). The molecule has 172 valence electrons. The van der Waals surface area contributed by atoms with Crippen LogP contribution in [0.2, 0.25) is 0 Å². The molecule has 2 amide bonds. The lowest BCUT2D eigenvalue weighted by atomic mass is 9.66. The van der Waals surface area contributed by atoms with Gasteiger partial charge >= 0.3 is 0 Å². The normalized spacial score (nSPS) is 16.9. The lowest BCUT2D eigenvalue weighted by Gasteiger charge is -2.40. The topological polar surface area (TPSA) is 199 Å². The molecule has 0 bridgehead atoms. The molecule has 1 aromatic carbocycles. The second-order valence-corrected chi connectivity index (χ2v) is 8.32. The maximum Gasteiger partial charge on any atom is 0.267 e. The highest BCUT2D eigenvalue weighted by Crippen LogP contribution is 2.52. The van der Waals surface area contributed by atoms with Gasteiger partial charge in [-0.1, -0.05) is 0 Å². The second kappa shape index (κ2) is 7.40. The van der Waals surface area contributed by atoms with E-state index in [0.29, 0.717) is 46.5 Å². The second-order valence-electron chi connectivity index (χ2n) is 8.32. The van der Waals surface area contributed by atoms with E-state index >= 15 is 0 Å². The van der Waals surface area contributed by atoms with Crippen LogP contribution < -0.4 is 22.1 Å². The maximum atomic E-state index is 12.6. The largest absolute Gasteiger partial charge is 0.369 e. The van der Waals surface area contributed by atoms with E-state index in [4.69, 9.17) is 11.5 Å². The van der Waals surface area contributed by atoms with Gasteiger partial charge in [0.15, 0.2) is 11.9 Å². The van der Waals surface area contributed by atoms with Gasteiger partial charge in [-0.2, -0.15) is 0 Å². The summed E-state index contributed by atoms with van der Waals surface area (Å²) in [5.74, 6) is -0.118. The Morgan fingerprint density at radius 1 is 0.794 bits per heavy atom. The predicted molar refractivity (Wildman–Crippen MR) is 126 cm³/mol. The van der Waals surface area contributed by atoms with Gasteiger partial charge in [0.25, 0.3) is 11.8 Å². The molecule has 0 saturated carbocycles. The molecule has 0 saturated heterocycles. The summed E-state index contributed by atoms with van der Waals surface area (Å²) in [7, 11) is 0. The van der Waals surface area contributed by atoms with E-state index in [1.165, 1.54) is 0 Å². The Morgan fingerprint density at radius 3 is 1.62 bits per heavy atom. The van der Waals surface area contributed by atoms with Crippen molar-refractivity contribution >= 4 is 45.8 Å². The molecule has 0 radical (unpaired) electrons. The monoisotopic (exact) mass is 458 g/mol. The number of nitrogens with one attached hydrogen (secondary N) is 6. The number of benzene rings is 1. The molecule has 0 aliphatic heterocycles. The average Bonchev–Trinajstić information content (AvgIpc) is 3.59. The van der Waals surface area contributed by atoms with Crippen molar-refractivity contribution in [3.05, 3.63) is 59.2 Å². The molecular formula is C22H22N10O2. The van der Waals surface area contributed by atoms with Gasteiger partial charge in [-0.3, -0.25) is 9.59 Å². The number of aromatic nitrogens is 6. The van der Waals surface area contributed by atoms with Crippen molar-refractivity contribution in [2.45, 2.75) is 11.8 Å². The zero-order chi connectivity index (χ0) is 23.4. The Morgan fingerprint density at radius 2 is 1.24 bits per heavy atom. The maximum absolute atomic E-state index is 12.6. The van der Waals surface area contributed by atoms with Gasteiger partial charge in [0.05, 0.1) is 22.1 Å². The number of hydrogen-bond acceptors (Lipinski definition) is 6. The van der Waals surface area contributed by atoms with Crippen LogP contribution in [0.15, 0.2) is 36.7 Å². The standard InChI is InChI=1S/C22H22N10O2/c23-21-29-15-13-9(7-27-19(33)11-3-1-5-25-11)10(8-28-20(34)12-4-2-6-26-12)14(13)16-18(17(15)31-21)32-22(24)30-16/h1-6,9-10,25-26H,7-8H2,(H,27,33)(H,28,34)(H3,23,29,31)(H3,24,30,32). The summed E-state index contributed by atoms with van der Waals surface area (Å²) in [6, 6.07) is 6.95. The number of amides is 2. The van der Waals surface area contributed by atoms with Crippen LogP contribution in [0.25, 0.3) is 22.1 Å². The van der Waals surface area contributed by atoms with Crippen LogP contribution in [0, 0.1) is 0 Å². The van der Waals surface area contributed by atoms with Crippen LogP contribution in [0.5, 0.6) is 0 Å². The first-order valence-electron chi connectivity index (χ1n) is 10.8. The van der Waals surface area contributed by atoms with Crippen LogP contribution in [0.1, 0.15) is 43.9 Å².